The number of rotatable bonds is 5. The molecule has 1 saturated heterocycles. The molecule has 0 aliphatic carbocycles. The first-order chi connectivity index (χ1) is 10.0. The van der Waals surface area contributed by atoms with Gasteiger partial charge in [0, 0.05) is 19.1 Å². The molecular formula is C14H18ClN3O2S. The van der Waals surface area contributed by atoms with Gasteiger partial charge in [-0.05, 0) is 31.5 Å². The summed E-state index contributed by atoms with van der Waals surface area (Å²) in [4.78, 5) is -0.00199. The highest BCUT2D eigenvalue weighted by Gasteiger charge is 2.34. The van der Waals surface area contributed by atoms with Gasteiger partial charge in [0.05, 0.1) is 10.6 Å². The van der Waals surface area contributed by atoms with Crippen LogP contribution in [-0.2, 0) is 10.0 Å². The highest BCUT2D eigenvalue weighted by molar-refractivity contribution is 7.89. The van der Waals surface area contributed by atoms with E-state index in [1.165, 1.54) is 16.4 Å². The second-order valence-electron chi connectivity index (χ2n) is 4.99. The third-order valence-corrected chi connectivity index (χ3v) is 5.87. The summed E-state index contributed by atoms with van der Waals surface area (Å²) in [5.41, 5.74) is 0.0197. The van der Waals surface area contributed by atoms with Crippen LogP contribution in [0.1, 0.15) is 25.3 Å². The van der Waals surface area contributed by atoms with Crippen LogP contribution in [0.3, 0.4) is 0 Å². The lowest BCUT2D eigenvalue weighted by molar-refractivity contribution is 0.335. The Hall–Kier alpha value is -1.13. The molecule has 0 amide bonds. The molecule has 5 nitrogen and oxygen atoms in total. The Bertz CT molecular complexity index is 649. The van der Waals surface area contributed by atoms with Crippen LogP contribution in [0, 0.1) is 11.3 Å². The van der Waals surface area contributed by atoms with Gasteiger partial charge in [0.2, 0.25) is 10.0 Å². The Balaban J connectivity index is 2.48. The fraction of sp³-hybridized carbons (Fsp3) is 0.500. The third kappa shape index (κ3) is 3.22. The summed E-state index contributed by atoms with van der Waals surface area (Å²) < 4.78 is 27.4. The molecule has 114 valence electrons. The molecular weight excluding hydrogens is 310 g/mol. The first-order valence-corrected chi connectivity index (χ1v) is 8.75. The first-order valence-electron chi connectivity index (χ1n) is 6.93. The van der Waals surface area contributed by atoms with Crippen molar-refractivity contribution in [2.45, 2.75) is 30.7 Å². The van der Waals surface area contributed by atoms with Crippen molar-refractivity contribution < 1.29 is 8.42 Å². The Labute approximate surface area is 130 Å². The molecule has 1 N–H and O–H groups in total. The normalized spacial score (nSPS) is 18.9. The molecule has 0 aromatic heterocycles. The lowest BCUT2D eigenvalue weighted by atomic mass is 10.2. The van der Waals surface area contributed by atoms with Gasteiger partial charge in [0.25, 0.3) is 0 Å². The lowest BCUT2D eigenvalue weighted by Gasteiger charge is -2.27. The number of hydrogen-bond acceptors (Lipinski definition) is 4. The van der Waals surface area contributed by atoms with E-state index in [0.717, 1.165) is 19.4 Å². The average Bonchev–Trinajstić information content (AvgIpc) is 2.98. The average molecular weight is 328 g/mol. The van der Waals surface area contributed by atoms with Crippen LogP contribution in [-0.4, -0.2) is 38.4 Å². The molecule has 2 rings (SSSR count). The van der Waals surface area contributed by atoms with E-state index in [2.05, 4.69) is 5.32 Å². The van der Waals surface area contributed by atoms with Crippen molar-refractivity contribution in [2.24, 2.45) is 0 Å². The van der Waals surface area contributed by atoms with E-state index >= 15 is 0 Å². The van der Waals surface area contributed by atoms with Gasteiger partial charge in [-0.1, -0.05) is 24.6 Å². The van der Waals surface area contributed by atoms with Crippen LogP contribution in [0.15, 0.2) is 23.1 Å². The third-order valence-electron chi connectivity index (χ3n) is 3.56. The molecule has 1 heterocycles. The molecule has 0 radical (unpaired) electrons. The van der Waals surface area contributed by atoms with Gasteiger partial charge in [0.15, 0.2) is 0 Å². The Kier molecular flexibility index (Phi) is 5.22. The predicted molar refractivity (Wildman–Crippen MR) is 81.6 cm³/mol. The molecule has 1 aliphatic rings. The van der Waals surface area contributed by atoms with E-state index < -0.39 is 10.0 Å². The van der Waals surface area contributed by atoms with Crippen LogP contribution in [0.25, 0.3) is 0 Å². The van der Waals surface area contributed by atoms with Gasteiger partial charge >= 0.3 is 0 Å². The fourth-order valence-corrected chi connectivity index (χ4v) is 4.74. The van der Waals surface area contributed by atoms with E-state index in [4.69, 9.17) is 11.6 Å². The van der Waals surface area contributed by atoms with Crippen molar-refractivity contribution in [3.63, 3.8) is 0 Å². The molecule has 1 aromatic carbocycles. The minimum Gasteiger partial charge on any atom is -0.315 e. The quantitative estimate of drug-likeness (QED) is 0.897. The zero-order valence-electron chi connectivity index (χ0n) is 11.8. The Morgan fingerprint density at radius 1 is 1.52 bits per heavy atom. The largest absolute Gasteiger partial charge is 0.315 e. The molecule has 1 aromatic rings. The van der Waals surface area contributed by atoms with E-state index in [0.29, 0.717) is 13.1 Å². The van der Waals surface area contributed by atoms with Crippen LogP contribution < -0.4 is 5.32 Å². The number of nitrogens with one attached hydrogen (secondary N) is 1. The zero-order chi connectivity index (χ0) is 15.5. The molecule has 1 fully saturated rings. The topological polar surface area (TPSA) is 73.2 Å². The van der Waals surface area contributed by atoms with Gasteiger partial charge < -0.3 is 5.32 Å². The summed E-state index contributed by atoms with van der Waals surface area (Å²) in [5, 5.41) is 12.6. The Morgan fingerprint density at radius 2 is 2.29 bits per heavy atom. The number of nitrogens with zero attached hydrogens (tertiary/aromatic N) is 2. The highest BCUT2D eigenvalue weighted by Crippen LogP contribution is 2.28. The van der Waals surface area contributed by atoms with Crippen LogP contribution in [0.2, 0.25) is 5.02 Å². The molecule has 1 atom stereocenters. The van der Waals surface area contributed by atoms with E-state index in [1.807, 2.05) is 13.0 Å². The smallest absolute Gasteiger partial charge is 0.244 e. The van der Waals surface area contributed by atoms with Crippen molar-refractivity contribution in [1.29, 1.82) is 5.26 Å². The lowest BCUT2D eigenvalue weighted by Crippen LogP contribution is -2.42. The van der Waals surface area contributed by atoms with Crippen molar-refractivity contribution in [3.05, 3.63) is 28.8 Å². The highest BCUT2D eigenvalue weighted by atomic mass is 35.5. The second-order valence-corrected chi connectivity index (χ2v) is 7.25. The Morgan fingerprint density at radius 3 is 2.86 bits per heavy atom. The number of nitriles is 1. The summed E-state index contributed by atoms with van der Waals surface area (Å²) in [7, 11) is -3.73. The minimum absolute atomic E-state index is 0.00199. The van der Waals surface area contributed by atoms with E-state index in [1.54, 1.807) is 6.07 Å². The summed E-state index contributed by atoms with van der Waals surface area (Å²) in [5.74, 6) is 0. The fourth-order valence-electron chi connectivity index (χ4n) is 2.56. The molecule has 1 aliphatic heterocycles. The molecule has 7 heteroatoms. The maximum Gasteiger partial charge on any atom is 0.244 e. The van der Waals surface area contributed by atoms with Gasteiger partial charge in [-0.25, -0.2) is 8.42 Å². The molecule has 1 unspecified atom stereocenters. The first kappa shape index (κ1) is 16.2. The maximum absolute atomic E-state index is 12.9. The van der Waals surface area contributed by atoms with Gasteiger partial charge in [0.1, 0.15) is 11.0 Å². The van der Waals surface area contributed by atoms with Crippen LogP contribution >= 0.6 is 11.6 Å². The van der Waals surface area contributed by atoms with Crippen molar-refractivity contribution in [2.75, 3.05) is 19.6 Å². The molecule has 0 bridgehead atoms. The zero-order valence-corrected chi connectivity index (χ0v) is 13.4. The number of sulfonamides is 1. The predicted octanol–water partition coefficient (Wildman–Crippen LogP) is 1.97. The van der Waals surface area contributed by atoms with Crippen molar-refractivity contribution in [1.82, 2.24) is 9.62 Å². The number of hydrogen-bond donors (Lipinski definition) is 1. The van der Waals surface area contributed by atoms with Crippen molar-refractivity contribution >= 4 is 21.6 Å². The van der Waals surface area contributed by atoms with Crippen LogP contribution in [0.5, 0.6) is 0 Å². The monoisotopic (exact) mass is 327 g/mol. The number of halogens is 1. The number of benzene rings is 1. The van der Waals surface area contributed by atoms with Crippen molar-refractivity contribution in [3.8, 4) is 6.07 Å². The van der Waals surface area contributed by atoms with E-state index in [-0.39, 0.29) is 21.5 Å². The summed E-state index contributed by atoms with van der Waals surface area (Å²) in [6, 6.07) is 6.38. The molecule has 0 spiro atoms. The standard InChI is InChI=1S/C14H18ClN3O2S/c1-2-8-18(11-6-7-17-10-11)21(19,20)14-5-3-4-13(15)12(14)9-16/h3-5,11,17H,2,6-8,10H2,1H3. The summed E-state index contributed by atoms with van der Waals surface area (Å²) in [6.07, 6.45) is 1.50. The van der Waals surface area contributed by atoms with Gasteiger partial charge in [-0.3, -0.25) is 0 Å². The minimum atomic E-state index is -3.73. The van der Waals surface area contributed by atoms with E-state index in [9.17, 15) is 13.7 Å². The second kappa shape index (κ2) is 6.75. The maximum atomic E-state index is 12.9. The SMILES string of the molecule is CCCN(C1CCNC1)S(=O)(=O)c1cccc(Cl)c1C#N. The molecule has 21 heavy (non-hydrogen) atoms. The summed E-state index contributed by atoms with van der Waals surface area (Å²) in [6.45, 7) is 3.82. The van der Waals surface area contributed by atoms with Crippen LogP contribution in [0.4, 0.5) is 0 Å². The van der Waals surface area contributed by atoms with Gasteiger partial charge in [-0.15, -0.1) is 0 Å². The molecule has 0 saturated carbocycles. The van der Waals surface area contributed by atoms with Gasteiger partial charge in [-0.2, -0.15) is 9.57 Å². The summed E-state index contributed by atoms with van der Waals surface area (Å²) >= 11 is 5.96.